The van der Waals surface area contributed by atoms with Crippen molar-refractivity contribution in [3.05, 3.63) is 46.4 Å². The Labute approximate surface area is 143 Å². The van der Waals surface area contributed by atoms with Crippen LogP contribution >= 0.6 is 0 Å². The molecule has 6 nitrogen and oxygen atoms in total. The van der Waals surface area contributed by atoms with E-state index in [9.17, 15) is 4.79 Å². The van der Waals surface area contributed by atoms with Crippen molar-refractivity contribution in [3.63, 3.8) is 0 Å². The first-order chi connectivity index (χ1) is 11.3. The molecule has 2 aromatic rings. The highest BCUT2D eigenvalue weighted by Gasteiger charge is 2.27. The summed E-state index contributed by atoms with van der Waals surface area (Å²) < 4.78 is 3.71. The molecule has 0 N–H and O–H groups in total. The summed E-state index contributed by atoms with van der Waals surface area (Å²) in [5.41, 5.74) is 0.922. The highest BCUT2D eigenvalue weighted by molar-refractivity contribution is 5.10. The van der Waals surface area contributed by atoms with Gasteiger partial charge in [0.2, 0.25) is 0 Å². The average Bonchev–Trinajstić information content (AvgIpc) is 2.87. The van der Waals surface area contributed by atoms with E-state index >= 15 is 0 Å². The van der Waals surface area contributed by atoms with Crippen molar-refractivity contribution < 1.29 is 0 Å². The van der Waals surface area contributed by atoms with Crippen molar-refractivity contribution in [3.8, 4) is 0 Å². The highest BCUT2D eigenvalue weighted by atomic mass is 16.1. The molecule has 1 aliphatic heterocycles. The van der Waals surface area contributed by atoms with Gasteiger partial charge >= 0.3 is 0 Å². The predicted molar refractivity (Wildman–Crippen MR) is 94.0 cm³/mol. The topological polar surface area (TPSA) is 56.0 Å². The largest absolute Gasteiger partial charge is 0.338 e. The zero-order valence-corrected chi connectivity index (χ0v) is 15.1. The average molecular weight is 329 g/mol. The molecule has 130 valence electrons. The minimum absolute atomic E-state index is 0.00513. The SMILES string of the molecule is Cn1ccnc1CCN1CC(Cn2nc(C(C)(C)C)ccc2=O)C1. The maximum Gasteiger partial charge on any atom is 0.266 e. The van der Waals surface area contributed by atoms with Gasteiger partial charge < -0.3 is 9.47 Å². The first-order valence-corrected chi connectivity index (χ1v) is 8.60. The standard InChI is InChI=1S/C18H27N5O/c1-18(2,3)15-5-6-17(24)23(20-15)13-14-11-22(12-14)9-7-16-19-8-10-21(16)4/h5-6,8,10,14H,7,9,11-13H2,1-4H3. The summed E-state index contributed by atoms with van der Waals surface area (Å²) >= 11 is 0. The van der Waals surface area contributed by atoms with Crippen LogP contribution in [0.4, 0.5) is 0 Å². The fourth-order valence-electron chi connectivity index (χ4n) is 3.09. The van der Waals surface area contributed by atoms with E-state index < -0.39 is 0 Å². The molecule has 0 amide bonds. The third-order valence-electron chi connectivity index (χ3n) is 4.67. The second kappa shape index (κ2) is 6.51. The van der Waals surface area contributed by atoms with Crippen molar-refractivity contribution in [2.24, 2.45) is 13.0 Å². The van der Waals surface area contributed by atoms with E-state index in [0.29, 0.717) is 12.5 Å². The van der Waals surface area contributed by atoms with Gasteiger partial charge in [-0.15, -0.1) is 0 Å². The van der Waals surface area contributed by atoms with Crippen LogP contribution in [0.25, 0.3) is 0 Å². The maximum atomic E-state index is 12.0. The van der Waals surface area contributed by atoms with Crippen LogP contribution in [0.1, 0.15) is 32.3 Å². The quantitative estimate of drug-likeness (QED) is 0.833. The molecule has 0 bridgehead atoms. The molecule has 0 spiro atoms. The van der Waals surface area contributed by atoms with E-state index in [2.05, 4.69) is 40.3 Å². The van der Waals surface area contributed by atoms with Gasteiger partial charge in [0.25, 0.3) is 5.56 Å². The molecule has 0 saturated carbocycles. The highest BCUT2D eigenvalue weighted by Crippen LogP contribution is 2.20. The number of hydrogen-bond donors (Lipinski definition) is 0. The van der Waals surface area contributed by atoms with Crippen molar-refractivity contribution in [1.82, 2.24) is 24.2 Å². The molecule has 24 heavy (non-hydrogen) atoms. The van der Waals surface area contributed by atoms with Crippen LogP contribution < -0.4 is 5.56 Å². The lowest BCUT2D eigenvalue weighted by Crippen LogP contribution is -2.50. The number of aromatic nitrogens is 4. The van der Waals surface area contributed by atoms with Gasteiger partial charge in [0.05, 0.1) is 12.2 Å². The fourth-order valence-corrected chi connectivity index (χ4v) is 3.09. The summed E-state index contributed by atoms with van der Waals surface area (Å²) in [4.78, 5) is 18.8. The Morgan fingerprint density at radius 1 is 1.25 bits per heavy atom. The second-order valence-corrected chi connectivity index (χ2v) is 7.82. The molecule has 0 atom stereocenters. The van der Waals surface area contributed by atoms with Gasteiger partial charge in [-0.05, 0) is 6.07 Å². The maximum absolute atomic E-state index is 12.0. The van der Waals surface area contributed by atoms with E-state index in [0.717, 1.165) is 37.6 Å². The predicted octanol–water partition coefficient (Wildman–Crippen LogP) is 1.45. The number of aryl methyl sites for hydroxylation is 1. The van der Waals surface area contributed by atoms with Crippen LogP contribution in [0.3, 0.4) is 0 Å². The lowest BCUT2D eigenvalue weighted by atomic mass is 9.92. The van der Waals surface area contributed by atoms with Crippen LogP contribution in [0, 0.1) is 5.92 Å². The van der Waals surface area contributed by atoms with E-state index in [1.165, 1.54) is 0 Å². The smallest absolute Gasteiger partial charge is 0.266 e. The lowest BCUT2D eigenvalue weighted by molar-refractivity contribution is 0.0845. The van der Waals surface area contributed by atoms with E-state index in [-0.39, 0.29) is 11.0 Å². The molecule has 0 radical (unpaired) electrons. The molecule has 0 aromatic carbocycles. The number of hydrogen-bond acceptors (Lipinski definition) is 4. The monoisotopic (exact) mass is 329 g/mol. The Morgan fingerprint density at radius 2 is 2.00 bits per heavy atom. The van der Waals surface area contributed by atoms with Crippen LogP contribution in [0.2, 0.25) is 0 Å². The molecular formula is C18H27N5O. The van der Waals surface area contributed by atoms with Gasteiger partial charge in [-0.25, -0.2) is 9.67 Å². The normalized spacial score (nSPS) is 16.3. The van der Waals surface area contributed by atoms with E-state index in [4.69, 9.17) is 0 Å². The Kier molecular flexibility index (Phi) is 4.58. The van der Waals surface area contributed by atoms with Crippen LogP contribution in [0.15, 0.2) is 29.3 Å². The van der Waals surface area contributed by atoms with Crippen molar-refractivity contribution in [2.75, 3.05) is 19.6 Å². The van der Waals surface area contributed by atoms with Gasteiger partial charge in [-0.2, -0.15) is 5.10 Å². The zero-order chi connectivity index (χ0) is 17.3. The van der Waals surface area contributed by atoms with Gasteiger partial charge in [-0.1, -0.05) is 20.8 Å². The van der Waals surface area contributed by atoms with Crippen molar-refractivity contribution in [1.29, 1.82) is 0 Å². The molecule has 1 saturated heterocycles. The molecule has 1 aliphatic rings. The van der Waals surface area contributed by atoms with Crippen LogP contribution in [0.5, 0.6) is 0 Å². The summed E-state index contributed by atoms with van der Waals surface area (Å²) in [6, 6.07) is 3.49. The first-order valence-electron chi connectivity index (χ1n) is 8.60. The Balaban J connectivity index is 1.52. The summed E-state index contributed by atoms with van der Waals surface area (Å²) in [7, 11) is 2.03. The van der Waals surface area contributed by atoms with Gasteiger partial charge in [0, 0.05) is 62.9 Å². The minimum Gasteiger partial charge on any atom is -0.338 e. The summed E-state index contributed by atoms with van der Waals surface area (Å²) in [5, 5.41) is 4.56. The van der Waals surface area contributed by atoms with E-state index in [1.54, 1.807) is 10.7 Å². The Bertz CT molecular complexity index is 749. The molecule has 3 rings (SSSR count). The van der Waals surface area contributed by atoms with E-state index in [1.807, 2.05) is 25.5 Å². The number of likely N-dealkylation sites (tertiary alicyclic amines) is 1. The van der Waals surface area contributed by atoms with Gasteiger partial charge in [0.15, 0.2) is 0 Å². The Morgan fingerprint density at radius 3 is 2.62 bits per heavy atom. The molecule has 0 unspecified atom stereocenters. The Hall–Kier alpha value is -1.95. The number of rotatable bonds is 5. The number of nitrogens with zero attached hydrogens (tertiary/aromatic N) is 5. The summed E-state index contributed by atoms with van der Waals surface area (Å²) in [5.74, 6) is 1.63. The fraction of sp³-hybridized carbons (Fsp3) is 0.611. The molecular weight excluding hydrogens is 302 g/mol. The minimum atomic E-state index is -0.0385. The van der Waals surface area contributed by atoms with Gasteiger partial charge in [-0.3, -0.25) is 4.79 Å². The molecule has 0 aliphatic carbocycles. The van der Waals surface area contributed by atoms with Crippen molar-refractivity contribution >= 4 is 0 Å². The molecule has 6 heteroatoms. The molecule has 1 fully saturated rings. The summed E-state index contributed by atoms with van der Waals surface area (Å²) in [6.07, 6.45) is 4.79. The molecule has 2 aromatic heterocycles. The third kappa shape index (κ3) is 3.75. The first kappa shape index (κ1) is 16.9. The van der Waals surface area contributed by atoms with Crippen LogP contribution in [-0.4, -0.2) is 43.9 Å². The second-order valence-electron chi connectivity index (χ2n) is 7.82. The summed E-state index contributed by atoms with van der Waals surface area (Å²) in [6.45, 7) is 10.1. The van der Waals surface area contributed by atoms with Crippen molar-refractivity contribution in [2.45, 2.75) is 39.2 Å². The van der Waals surface area contributed by atoms with Gasteiger partial charge in [0.1, 0.15) is 5.82 Å². The zero-order valence-electron chi connectivity index (χ0n) is 15.1. The molecule has 3 heterocycles. The third-order valence-corrected chi connectivity index (χ3v) is 4.67. The lowest BCUT2D eigenvalue weighted by Gasteiger charge is -2.39. The van der Waals surface area contributed by atoms with Crippen LogP contribution in [-0.2, 0) is 25.4 Å². The number of imidazole rings is 1.